The molecule has 0 saturated carbocycles. The summed E-state index contributed by atoms with van der Waals surface area (Å²) in [5.41, 5.74) is 1.68. The van der Waals surface area contributed by atoms with Crippen molar-refractivity contribution in [3.8, 4) is 11.5 Å². The van der Waals surface area contributed by atoms with Gasteiger partial charge < -0.3 is 19.7 Å². The number of nitrogens with zero attached hydrogens (tertiary/aromatic N) is 1. The topological polar surface area (TPSA) is 67.9 Å². The molecule has 0 fully saturated rings. The molecule has 39 heavy (non-hydrogen) atoms. The number of carbonyl (C=O) groups is 2. The Bertz CT molecular complexity index is 1200. The molecule has 6 nitrogen and oxygen atoms in total. The lowest BCUT2D eigenvalue weighted by Gasteiger charge is -2.32. The van der Waals surface area contributed by atoms with E-state index in [1.807, 2.05) is 68.4 Å². The minimum atomic E-state index is -0.719. The molecule has 2 unspecified atom stereocenters. The van der Waals surface area contributed by atoms with E-state index in [0.29, 0.717) is 35.2 Å². The van der Waals surface area contributed by atoms with Gasteiger partial charge in [-0.2, -0.15) is 0 Å². The van der Waals surface area contributed by atoms with E-state index < -0.39 is 6.04 Å². The number of rotatable bonds is 14. The van der Waals surface area contributed by atoms with Gasteiger partial charge in [-0.05, 0) is 67.3 Å². The average Bonchev–Trinajstić information content (AvgIpc) is 2.94. The number of benzene rings is 3. The number of methoxy groups -OCH3 is 1. The Balaban J connectivity index is 1.81. The van der Waals surface area contributed by atoms with Crippen LogP contribution in [0.25, 0.3) is 0 Å². The van der Waals surface area contributed by atoms with Crippen molar-refractivity contribution < 1.29 is 19.1 Å². The summed E-state index contributed by atoms with van der Waals surface area (Å²) in [6.45, 7) is 4.50. The molecule has 0 aromatic heterocycles. The molecule has 0 aliphatic heterocycles. The lowest BCUT2D eigenvalue weighted by atomic mass is 10.0. The third-order valence-electron chi connectivity index (χ3n) is 6.49. The first-order valence-corrected chi connectivity index (χ1v) is 13.9. The summed E-state index contributed by atoms with van der Waals surface area (Å²) in [5, 5.41) is 4.03. The van der Waals surface area contributed by atoms with Crippen molar-refractivity contribution in [3.05, 3.63) is 94.0 Å². The van der Waals surface area contributed by atoms with E-state index in [4.69, 9.17) is 32.7 Å². The Morgan fingerprint density at radius 2 is 1.67 bits per heavy atom. The highest BCUT2D eigenvalue weighted by atomic mass is 35.5. The summed E-state index contributed by atoms with van der Waals surface area (Å²) in [6.07, 6.45) is 1.86. The summed E-state index contributed by atoms with van der Waals surface area (Å²) in [5.74, 6) is 1.10. The van der Waals surface area contributed by atoms with Crippen molar-refractivity contribution in [2.75, 3.05) is 13.7 Å². The summed E-state index contributed by atoms with van der Waals surface area (Å²) in [4.78, 5) is 28.9. The van der Waals surface area contributed by atoms with Crippen molar-refractivity contribution in [2.45, 2.75) is 58.2 Å². The van der Waals surface area contributed by atoms with E-state index >= 15 is 0 Å². The Labute approximate surface area is 241 Å². The van der Waals surface area contributed by atoms with Crippen LogP contribution < -0.4 is 14.8 Å². The minimum absolute atomic E-state index is 0.0234. The molecular formula is C31H36Cl2N2O4. The van der Waals surface area contributed by atoms with Crippen molar-refractivity contribution >= 4 is 35.0 Å². The maximum absolute atomic E-state index is 13.7. The van der Waals surface area contributed by atoms with Gasteiger partial charge in [-0.25, -0.2) is 0 Å². The zero-order chi connectivity index (χ0) is 28.2. The minimum Gasteiger partial charge on any atom is -0.497 e. The van der Waals surface area contributed by atoms with E-state index in [1.165, 1.54) is 0 Å². The molecule has 3 aromatic rings. The van der Waals surface area contributed by atoms with Gasteiger partial charge in [-0.15, -0.1) is 0 Å². The molecule has 3 rings (SSSR count). The number of ether oxygens (including phenoxy) is 2. The van der Waals surface area contributed by atoms with E-state index in [2.05, 4.69) is 5.32 Å². The van der Waals surface area contributed by atoms with Crippen LogP contribution in [0.15, 0.2) is 72.8 Å². The molecule has 0 aliphatic rings. The van der Waals surface area contributed by atoms with Crippen LogP contribution in [0.3, 0.4) is 0 Å². The molecule has 0 heterocycles. The van der Waals surface area contributed by atoms with Crippen LogP contribution in [0.1, 0.15) is 44.2 Å². The molecule has 1 N–H and O–H groups in total. The Hall–Kier alpha value is -3.22. The van der Waals surface area contributed by atoms with Crippen LogP contribution in [0.5, 0.6) is 11.5 Å². The van der Waals surface area contributed by atoms with Gasteiger partial charge in [0.1, 0.15) is 17.5 Å². The largest absolute Gasteiger partial charge is 0.497 e. The van der Waals surface area contributed by atoms with E-state index in [1.54, 1.807) is 30.2 Å². The normalized spacial score (nSPS) is 12.3. The van der Waals surface area contributed by atoms with Gasteiger partial charge in [-0.3, -0.25) is 9.59 Å². The van der Waals surface area contributed by atoms with Crippen LogP contribution in [-0.4, -0.2) is 42.5 Å². The SMILES string of the molecule is CCC(C)NC(=O)C(Cc1ccccc1)N(Cc1ccc(Cl)cc1Cl)C(=O)CCCOc1ccc(OC)cc1. The first-order valence-electron chi connectivity index (χ1n) is 13.1. The van der Waals surface area contributed by atoms with Crippen LogP contribution in [0, 0.1) is 0 Å². The fraction of sp³-hybridized carbons (Fsp3) is 0.355. The smallest absolute Gasteiger partial charge is 0.243 e. The molecule has 0 aliphatic carbocycles. The Morgan fingerprint density at radius 3 is 2.31 bits per heavy atom. The van der Waals surface area contributed by atoms with Crippen LogP contribution in [0.4, 0.5) is 0 Å². The highest BCUT2D eigenvalue weighted by molar-refractivity contribution is 6.35. The highest BCUT2D eigenvalue weighted by Crippen LogP contribution is 2.25. The first kappa shape index (κ1) is 30.3. The second-order valence-electron chi connectivity index (χ2n) is 9.41. The maximum Gasteiger partial charge on any atom is 0.243 e. The molecule has 0 spiro atoms. The lowest BCUT2D eigenvalue weighted by molar-refractivity contribution is -0.141. The highest BCUT2D eigenvalue weighted by Gasteiger charge is 2.31. The van der Waals surface area contributed by atoms with Gasteiger partial charge in [0.2, 0.25) is 11.8 Å². The Kier molecular flexibility index (Phi) is 12.0. The molecule has 3 aromatic carbocycles. The number of nitrogens with one attached hydrogen (secondary N) is 1. The third kappa shape index (κ3) is 9.48. The second kappa shape index (κ2) is 15.4. The molecular weight excluding hydrogens is 535 g/mol. The molecule has 8 heteroatoms. The molecule has 0 bridgehead atoms. The number of hydrogen-bond acceptors (Lipinski definition) is 4. The second-order valence-corrected chi connectivity index (χ2v) is 10.3. The third-order valence-corrected chi connectivity index (χ3v) is 7.08. The van der Waals surface area contributed by atoms with Gasteiger partial charge in [0.25, 0.3) is 0 Å². The lowest BCUT2D eigenvalue weighted by Crippen LogP contribution is -2.52. The first-order chi connectivity index (χ1) is 18.8. The fourth-order valence-electron chi connectivity index (χ4n) is 4.06. The van der Waals surface area contributed by atoms with E-state index in [9.17, 15) is 9.59 Å². The molecule has 208 valence electrons. The standard InChI is InChI=1S/C31H36Cl2N2O4/c1-4-22(2)34-31(37)29(19-23-9-6-5-7-10-23)35(21-24-12-13-25(32)20-28(24)33)30(36)11-8-18-39-27-16-14-26(38-3)15-17-27/h5-7,9-10,12-17,20,22,29H,4,8,11,18-19,21H2,1-3H3,(H,34,37). The summed E-state index contributed by atoms with van der Waals surface area (Å²) in [7, 11) is 1.61. The van der Waals surface area contributed by atoms with Gasteiger partial charge in [-0.1, -0.05) is 66.5 Å². The molecule has 0 saturated heterocycles. The van der Waals surface area contributed by atoms with Crippen molar-refractivity contribution in [1.29, 1.82) is 0 Å². The quantitative estimate of drug-likeness (QED) is 0.218. The monoisotopic (exact) mass is 570 g/mol. The number of amides is 2. The van der Waals surface area contributed by atoms with Gasteiger partial charge in [0.05, 0.1) is 13.7 Å². The number of hydrogen-bond donors (Lipinski definition) is 1. The summed E-state index contributed by atoms with van der Waals surface area (Å²) in [6, 6.07) is 21.4. The Morgan fingerprint density at radius 1 is 0.974 bits per heavy atom. The van der Waals surface area contributed by atoms with Gasteiger partial charge in [0, 0.05) is 35.5 Å². The van der Waals surface area contributed by atoms with E-state index in [0.717, 1.165) is 23.3 Å². The zero-order valence-electron chi connectivity index (χ0n) is 22.7. The van der Waals surface area contributed by atoms with Gasteiger partial charge in [0.15, 0.2) is 0 Å². The molecule has 2 atom stereocenters. The number of halogens is 2. The van der Waals surface area contributed by atoms with Crippen molar-refractivity contribution in [2.24, 2.45) is 0 Å². The van der Waals surface area contributed by atoms with Crippen LogP contribution in [-0.2, 0) is 22.6 Å². The summed E-state index contributed by atoms with van der Waals surface area (Å²) < 4.78 is 11.0. The van der Waals surface area contributed by atoms with E-state index in [-0.39, 0.29) is 30.8 Å². The predicted octanol–water partition coefficient (Wildman–Crippen LogP) is 6.72. The number of carbonyl (C=O) groups excluding carboxylic acids is 2. The zero-order valence-corrected chi connectivity index (χ0v) is 24.2. The summed E-state index contributed by atoms with van der Waals surface area (Å²) >= 11 is 12.6. The van der Waals surface area contributed by atoms with Crippen LogP contribution in [0.2, 0.25) is 10.0 Å². The van der Waals surface area contributed by atoms with Crippen molar-refractivity contribution in [3.63, 3.8) is 0 Å². The fourth-order valence-corrected chi connectivity index (χ4v) is 4.53. The predicted molar refractivity (Wildman–Crippen MR) is 157 cm³/mol. The molecule has 2 amide bonds. The van der Waals surface area contributed by atoms with Gasteiger partial charge >= 0.3 is 0 Å². The van der Waals surface area contributed by atoms with Crippen molar-refractivity contribution in [1.82, 2.24) is 10.2 Å². The van der Waals surface area contributed by atoms with Crippen LogP contribution >= 0.6 is 23.2 Å². The average molecular weight is 572 g/mol. The molecule has 0 radical (unpaired) electrons. The maximum atomic E-state index is 13.7.